The van der Waals surface area contributed by atoms with E-state index < -0.39 is 34.5 Å². The van der Waals surface area contributed by atoms with Crippen LogP contribution in [0.3, 0.4) is 0 Å². The molecule has 0 saturated carbocycles. The van der Waals surface area contributed by atoms with Crippen LogP contribution in [-0.4, -0.2) is 33.9 Å². The summed E-state index contributed by atoms with van der Waals surface area (Å²) in [5.74, 6) is -3.10. The minimum atomic E-state index is -1.41. The summed E-state index contributed by atoms with van der Waals surface area (Å²) in [5.41, 5.74) is 2.03. The first kappa shape index (κ1) is 21.0. The zero-order valence-electron chi connectivity index (χ0n) is 15.4. The molecule has 154 valence electrons. The van der Waals surface area contributed by atoms with Gasteiger partial charge in [0.2, 0.25) is 5.75 Å². The highest BCUT2D eigenvalue weighted by atomic mass is 79.9. The van der Waals surface area contributed by atoms with E-state index in [1.807, 2.05) is 0 Å². The summed E-state index contributed by atoms with van der Waals surface area (Å²) in [6.45, 7) is 1.20. The molecule has 1 heterocycles. The number of hydrogen-bond acceptors (Lipinski definition) is 6. The molecule has 3 rings (SSSR count). The lowest BCUT2D eigenvalue weighted by Gasteiger charge is -2.14. The Balaban J connectivity index is 2.09. The van der Waals surface area contributed by atoms with Crippen LogP contribution in [0, 0.1) is 10.1 Å². The lowest BCUT2D eigenvalue weighted by atomic mass is 10.1. The summed E-state index contributed by atoms with van der Waals surface area (Å²) >= 11 is 3.14. The second-order valence-corrected chi connectivity index (χ2v) is 7.09. The zero-order valence-corrected chi connectivity index (χ0v) is 17.0. The first-order chi connectivity index (χ1) is 14.2. The van der Waals surface area contributed by atoms with Crippen LogP contribution in [0.15, 0.2) is 52.5 Å². The maximum Gasteiger partial charge on any atom is 0.344 e. The molecule has 1 saturated heterocycles. The summed E-state index contributed by atoms with van der Waals surface area (Å²) in [5, 5.41) is 21.6. The molecule has 1 aliphatic rings. The third-order valence-electron chi connectivity index (χ3n) is 4.11. The number of nitro benzene ring substituents is 1. The van der Waals surface area contributed by atoms with Crippen molar-refractivity contribution < 1.29 is 29.2 Å². The van der Waals surface area contributed by atoms with Crippen LogP contribution in [0.25, 0.3) is 6.08 Å². The molecule has 1 fully saturated rings. The number of ether oxygens (including phenoxy) is 1. The lowest BCUT2D eigenvalue weighted by Crippen LogP contribution is -2.35. The van der Waals surface area contributed by atoms with Gasteiger partial charge in [-0.15, -0.1) is 0 Å². The molecule has 0 aliphatic carbocycles. The van der Waals surface area contributed by atoms with Crippen molar-refractivity contribution in [2.45, 2.75) is 13.0 Å². The number of nitro groups is 1. The second-order valence-electron chi connectivity index (χ2n) is 6.17. The highest BCUT2D eigenvalue weighted by molar-refractivity contribution is 9.10. The highest BCUT2D eigenvalue weighted by Crippen LogP contribution is 2.37. The number of rotatable bonds is 6. The van der Waals surface area contributed by atoms with Gasteiger partial charge in [0, 0.05) is 16.1 Å². The molecule has 0 spiro atoms. The Kier molecular flexibility index (Phi) is 5.83. The largest absolute Gasteiger partial charge is 0.479 e. The van der Waals surface area contributed by atoms with Crippen molar-refractivity contribution in [3.05, 3.63) is 68.2 Å². The molecule has 30 heavy (non-hydrogen) atoms. The van der Waals surface area contributed by atoms with Crippen molar-refractivity contribution in [3.63, 3.8) is 0 Å². The third kappa shape index (κ3) is 4.15. The van der Waals surface area contributed by atoms with Gasteiger partial charge in [-0.05, 0) is 31.2 Å². The zero-order chi connectivity index (χ0) is 22.0. The van der Waals surface area contributed by atoms with Crippen LogP contribution in [0.5, 0.6) is 5.75 Å². The second kappa shape index (κ2) is 8.33. The molecule has 2 amide bonds. The maximum atomic E-state index is 12.8. The molecule has 1 atom stereocenters. The van der Waals surface area contributed by atoms with Crippen LogP contribution in [0.2, 0.25) is 0 Å². The number of carboxylic acids is 1. The standard InChI is InChI=1S/C19H14BrN3O7/c1-10(19(26)27)30-16-11(7-12(20)9-15(16)23(28)29)8-14-17(24)21-22(18(14)25)13-5-3-2-4-6-13/h2-10H,1H3,(H,21,24)(H,26,27)/b14-8-/t10-/m1/s1. The summed E-state index contributed by atoms with van der Waals surface area (Å²) in [7, 11) is 0. The average molecular weight is 476 g/mol. The topological polar surface area (TPSA) is 139 Å². The van der Waals surface area contributed by atoms with E-state index in [4.69, 9.17) is 9.84 Å². The van der Waals surface area contributed by atoms with Gasteiger partial charge >= 0.3 is 11.7 Å². The van der Waals surface area contributed by atoms with Gasteiger partial charge in [-0.3, -0.25) is 25.1 Å². The van der Waals surface area contributed by atoms with Crippen molar-refractivity contribution in [1.29, 1.82) is 0 Å². The number of halogens is 1. The minimum absolute atomic E-state index is 0.00223. The molecule has 2 aromatic carbocycles. The summed E-state index contributed by atoms with van der Waals surface area (Å²) < 4.78 is 5.56. The molecule has 10 nitrogen and oxygen atoms in total. The van der Waals surface area contributed by atoms with Crippen molar-refractivity contribution >= 4 is 51.2 Å². The molecule has 0 unspecified atom stereocenters. The molecular weight excluding hydrogens is 462 g/mol. The fourth-order valence-corrected chi connectivity index (χ4v) is 3.13. The van der Waals surface area contributed by atoms with Crippen LogP contribution in [0.4, 0.5) is 11.4 Å². The summed E-state index contributed by atoms with van der Waals surface area (Å²) in [4.78, 5) is 47.0. The smallest absolute Gasteiger partial charge is 0.344 e. The van der Waals surface area contributed by atoms with Crippen molar-refractivity contribution in [2.75, 3.05) is 5.01 Å². The fourth-order valence-electron chi connectivity index (χ4n) is 2.67. The first-order valence-electron chi connectivity index (χ1n) is 8.48. The Morgan fingerprint density at radius 3 is 2.57 bits per heavy atom. The van der Waals surface area contributed by atoms with E-state index >= 15 is 0 Å². The van der Waals surface area contributed by atoms with E-state index in [9.17, 15) is 24.5 Å². The van der Waals surface area contributed by atoms with Crippen molar-refractivity contribution in [2.24, 2.45) is 0 Å². The quantitative estimate of drug-likeness (QED) is 0.283. The Hall–Kier alpha value is -3.73. The number of amides is 2. The molecule has 0 aromatic heterocycles. The Bertz CT molecular complexity index is 1090. The number of anilines is 1. The molecule has 2 N–H and O–H groups in total. The number of hydrogen-bond donors (Lipinski definition) is 2. The van der Waals surface area contributed by atoms with Gasteiger partial charge in [-0.1, -0.05) is 34.1 Å². The van der Waals surface area contributed by atoms with Crippen LogP contribution in [0.1, 0.15) is 12.5 Å². The molecular formula is C19H14BrN3O7. The van der Waals surface area contributed by atoms with Crippen molar-refractivity contribution in [3.8, 4) is 5.75 Å². The number of aliphatic carboxylic acids is 1. The van der Waals surface area contributed by atoms with E-state index in [1.165, 1.54) is 13.0 Å². The number of carboxylic acid groups (broad SMARTS) is 1. The molecule has 1 aliphatic heterocycles. The Morgan fingerprint density at radius 1 is 1.30 bits per heavy atom. The van der Waals surface area contributed by atoms with Crippen molar-refractivity contribution in [1.82, 2.24) is 5.43 Å². The molecule has 2 aromatic rings. The summed E-state index contributed by atoms with van der Waals surface area (Å²) in [6.07, 6.45) is -0.279. The van der Waals surface area contributed by atoms with Gasteiger partial charge in [0.25, 0.3) is 11.8 Å². The van der Waals surface area contributed by atoms with Gasteiger partial charge in [-0.25, -0.2) is 9.80 Å². The number of nitrogens with one attached hydrogen (secondary N) is 1. The van der Waals surface area contributed by atoms with Gasteiger partial charge in [0.1, 0.15) is 5.57 Å². The third-order valence-corrected chi connectivity index (χ3v) is 4.57. The number of hydrazine groups is 1. The number of nitrogens with zero attached hydrogens (tertiary/aromatic N) is 2. The number of carbonyl (C=O) groups is 3. The maximum absolute atomic E-state index is 12.8. The molecule has 0 bridgehead atoms. The van der Waals surface area contributed by atoms with Crippen LogP contribution < -0.4 is 15.2 Å². The van der Waals surface area contributed by atoms with E-state index in [1.54, 1.807) is 30.3 Å². The minimum Gasteiger partial charge on any atom is -0.479 e. The SMILES string of the molecule is C[C@@H](Oc1c(/C=C2/C(=O)NN(c3ccccc3)C2=O)cc(Br)cc1[N+](=O)[O-])C(=O)O. The average Bonchev–Trinajstić information content (AvgIpc) is 2.98. The van der Waals surface area contributed by atoms with E-state index in [0.717, 1.165) is 17.2 Å². The monoisotopic (exact) mass is 475 g/mol. The van der Waals surface area contributed by atoms with Gasteiger partial charge < -0.3 is 9.84 Å². The van der Waals surface area contributed by atoms with Gasteiger partial charge in [0.05, 0.1) is 10.6 Å². The Labute approximate surface area is 178 Å². The normalized spacial score (nSPS) is 15.8. The van der Waals surface area contributed by atoms with E-state index in [-0.39, 0.29) is 21.4 Å². The highest BCUT2D eigenvalue weighted by Gasteiger charge is 2.35. The molecule has 0 radical (unpaired) electrons. The predicted octanol–water partition coefficient (Wildman–Crippen LogP) is 2.67. The van der Waals surface area contributed by atoms with Crippen LogP contribution >= 0.6 is 15.9 Å². The lowest BCUT2D eigenvalue weighted by molar-refractivity contribution is -0.386. The number of para-hydroxylation sites is 1. The Morgan fingerprint density at radius 2 is 1.97 bits per heavy atom. The first-order valence-corrected chi connectivity index (χ1v) is 9.28. The predicted molar refractivity (Wildman–Crippen MR) is 109 cm³/mol. The van der Waals surface area contributed by atoms with Gasteiger partial charge in [-0.2, -0.15) is 0 Å². The van der Waals surface area contributed by atoms with Crippen LogP contribution in [-0.2, 0) is 14.4 Å². The van der Waals surface area contributed by atoms with E-state index in [0.29, 0.717) is 5.69 Å². The number of carbonyl (C=O) groups excluding carboxylic acids is 2. The summed E-state index contributed by atoms with van der Waals surface area (Å²) in [6, 6.07) is 10.9. The fraction of sp³-hybridized carbons (Fsp3) is 0.105. The molecule has 11 heteroatoms. The number of benzene rings is 2. The van der Waals surface area contributed by atoms with E-state index in [2.05, 4.69) is 21.4 Å². The van der Waals surface area contributed by atoms with Gasteiger partial charge in [0.15, 0.2) is 6.10 Å².